The van der Waals surface area contributed by atoms with Gasteiger partial charge in [0.1, 0.15) is 5.69 Å². The number of hydrogen-bond donors (Lipinski definition) is 2. The van der Waals surface area contributed by atoms with Gasteiger partial charge in [0.2, 0.25) is 10.1 Å². The first-order valence-corrected chi connectivity index (χ1v) is 13.5. The van der Waals surface area contributed by atoms with Crippen molar-refractivity contribution in [2.24, 2.45) is 0 Å². The van der Waals surface area contributed by atoms with Crippen LogP contribution in [0.15, 0.2) is 24.3 Å². The second-order valence-electron chi connectivity index (χ2n) is 9.27. The molecule has 1 aliphatic heterocycles. The van der Waals surface area contributed by atoms with Crippen molar-refractivity contribution < 1.29 is 4.79 Å². The minimum atomic E-state index is 0.0391. The highest BCUT2D eigenvalue weighted by Crippen LogP contribution is 2.35. The first kappa shape index (κ1) is 23.0. The number of rotatable bonds is 7. The van der Waals surface area contributed by atoms with Crippen LogP contribution in [0.4, 0.5) is 15.7 Å². The largest absolute Gasteiger partial charge is 0.365 e. The molecule has 1 saturated carbocycles. The predicted octanol–water partition coefficient (Wildman–Crippen LogP) is 4.62. The van der Waals surface area contributed by atoms with Crippen LogP contribution in [0.3, 0.4) is 0 Å². The smallest absolute Gasteiger partial charge is 0.317 e. The molecule has 0 radical (unpaired) electrons. The molecule has 9 heteroatoms. The highest BCUT2D eigenvalue weighted by Gasteiger charge is 2.26. The Morgan fingerprint density at radius 3 is 2.50 bits per heavy atom. The van der Waals surface area contributed by atoms with E-state index in [1.807, 2.05) is 9.42 Å². The fourth-order valence-corrected chi connectivity index (χ4v) is 5.76. The van der Waals surface area contributed by atoms with E-state index in [1.54, 1.807) is 11.3 Å². The van der Waals surface area contributed by atoms with Gasteiger partial charge in [0.15, 0.2) is 5.82 Å². The number of hydrogen-bond acceptors (Lipinski definition) is 6. The zero-order valence-electron chi connectivity index (χ0n) is 20.2. The molecule has 1 saturated heterocycles. The number of aryl methyl sites for hydroxylation is 1. The molecule has 0 atom stereocenters. The molecule has 1 aliphatic carbocycles. The van der Waals surface area contributed by atoms with Gasteiger partial charge in [-0.15, -0.1) is 5.10 Å². The Morgan fingerprint density at radius 2 is 1.82 bits per heavy atom. The third-order valence-corrected chi connectivity index (χ3v) is 7.86. The summed E-state index contributed by atoms with van der Waals surface area (Å²) in [5.74, 6) is 1.01. The van der Waals surface area contributed by atoms with E-state index in [0.717, 1.165) is 59.6 Å². The maximum atomic E-state index is 12.3. The lowest BCUT2D eigenvalue weighted by molar-refractivity contribution is 0.194. The summed E-state index contributed by atoms with van der Waals surface area (Å²) in [4.78, 5) is 22.4. The Kier molecular flexibility index (Phi) is 6.89. The van der Waals surface area contributed by atoms with E-state index in [1.165, 1.54) is 31.2 Å². The number of nitrogens with zero attached hydrogens (tertiary/aromatic N) is 5. The number of fused-ring (bicyclic) bond motifs is 1. The van der Waals surface area contributed by atoms with Crippen LogP contribution in [-0.4, -0.2) is 64.3 Å². The number of aromatic nitrogens is 3. The van der Waals surface area contributed by atoms with Crippen molar-refractivity contribution in [3.8, 4) is 11.3 Å². The summed E-state index contributed by atoms with van der Waals surface area (Å²) in [5.41, 5.74) is 3.44. The standard InChI is InChI=1S/C25H35N7OS/c1-3-13-26-23(33)30-14-16-31(17-15-30)25-29-32-22(27-20-7-5-6-8-20)21(28-24(32)34-25)19-11-9-18(4-2)10-12-19/h9-12,20,27H,3-8,13-17H2,1-2H3,(H,26,33). The van der Waals surface area contributed by atoms with Crippen LogP contribution in [0.2, 0.25) is 0 Å². The molecular weight excluding hydrogens is 446 g/mol. The molecule has 182 valence electrons. The fourth-order valence-electron chi connectivity index (χ4n) is 4.80. The Labute approximate surface area is 205 Å². The quantitative estimate of drug-likeness (QED) is 0.515. The molecule has 2 aliphatic rings. The molecule has 2 fully saturated rings. The fraction of sp³-hybridized carbons (Fsp3) is 0.560. The van der Waals surface area contributed by atoms with E-state index in [9.17, 15) is 4.79 Å². The van der Waals surface area contributed by atoms with Crippen LogP contribution < -0.4 is 15.5 Å². The van der Waals surface area contributed by atoms with Crippen LogP contribution in [0.1, 0.15) is 51.5 Å². The molecule has 5 rings (SSSR count). The summed E-state index contributed by atoms with van der Waals surface area (Å²) in [6.45, 7) is 7.96. The van der Waals surface area contributed by atoms with Gasteiger partial charge in [-0.3, -0.25) is 0 Å². The molecule has 8 nitrogen and oxygen atoms in total. The first-order valence-electron chi connectivity index (χ1n) is 12.7. The second-order valence-corrected chi connectivity index (χ2v) is 10.2. The Balaban J connectivity index is 1.38. The minimum Gasteiger partial charge on any atom is -0.365 e. The van der Waals surface area contributed by atoms with Crippen LogP contribution >= 0.6 is 11.3 Å². The Hall–Kier alpha value is -2.81. The number of urea groups is 1. The highest BCUT2D eigenvalue weighted by molar-refractivity contribution is 7.20. The number of carbonyl (C=O) groups excluding carboxylic acids is 1. The van der Waals surface area contributed by atoms with Gasteiger partial charge in [0.05, 0.1) is 0 Å². The summed E-state index contributed by atoms with van der Waals surface area (Å²) >= 11 is 1.63. The average Bonchev–Trinajstić information content (AvgIpc) is 3.61. The zero-order valence-corrected chi connectivity index (χ0v) is 21.0. The third kappa shape index (κ3) is 4.71. The van der Waals surface area contributed by atoms with E-state index < -0.39 is 0 Å². The van der Waals surface area contributed by atoms with Crippen LogP contribution in [0.5, 0.6) is 0 Å². The van der Waals surface area contributed by atoms with E-state index in [2.05, 4.69) is 53.6 Å². The highest BCUT2D eigenvalue weighted by atomic mass is 32.1. The van der Waals surface area contributed by atoms with Crippen molar-refractivity contribution in [1.82, 2.24) is 24.8 Å². The molecular formula is C25H35N7OS. The number of benzene rings is 1. The van der Waals surface area contributed by atoms with Crippen LogP contribution in [-0.2, 0) is 6.42 Å². The van der Waals surface area contributed by atoms with Gasteiger partial charge >= 0.3 is 6.03 Å². The molecule has 3 heterocycles. The third-order valence-electron chi connectivity index (χ3n) is 6.89. The number of nitrogens with one attached hydrogen (secondary N) is 2. The van der Waals surface area contributed by atoms with E-state index in [0.29, 0.717) is 19.1 Å². The van der Waals surface area contributed by atoms with Gasteiger partial charge in [0.25, 0.3) is 0 Å². The number of piperazine rings is 1. The van der Waals surface area contributed by atoms with Crippen molar-refractivity contribution >= 4 is 33.3 Å². The summed E-state index contributed by atoms with van der Waals surface area (Å²) in [7, 11) is 0. The van der Waals surface area contributed by atoms with Crippen molar-refractivity contribution in [3.05, 3.63) is 29.8 Å². The normalized spacial score (nSPS) is 17.0. The van der Waals surface area contributed by atoms with Crippen LogP contribution in [0.25, 0.3) is 16.2 Å². The molecule has 34 heavy (non-hydrogen) atoms. The molecule has 2 N–H and O–H groups in total. The summed E-state index contributed by atoms with van der Waals surface area (Å²) in [6.07, 6.45) is 6.93. The number of imidazole rings is 1. The van der Waals surface area contributed by atoms with Gasteiger partial charge in [-0.1, -0.05) is 62.3 Å². The Bertz CT molecular complexity index is 1110. The maximum Gasteiger partial charge on any atom is 0.317 e. The summed E-state index contributed by atoms with van der Waals surface area (Å²) in [5, 5.41) is 12.7. The van der Waals surface area contributed by atoms with E-state index in [-0.39, 0.29) is 6.03 Å². The molecule has 0 bridgehead atoms. The van der Waals surface area contributed by atoms with E-state index in [4.69, 9.17) is 10.1 Å². The predicted molar refractivity (Wildman–Crippen MR) is 139 cm³/mol. The minimum absolute atomic E-state index is 0.0391. The lowest BCUT2D eigenvalue weighted by atomic mass is 10.1. The summed E-state index contributed by atoms with van der Waals surface area (Å²) < 4.78 is 2.00. The molecule has 2 amide bonds. The topological polar surface area (TPSA) is 77.8 Å². The van der Waals surface area contributed by atoms with Crippen molar-refractivity contribution in [2.45, 2.75) is 58.4 Å². The number of carbonyl (C=O) groups is 1. The van der Waals surface area contributed by atoms with Gasteiger partial charge in [-0.05, 0) is 31.2 Å². The van der Waals surface area contributed by atoms with Gasteiger partial charge < -0.3 is 20.4 Å². The molecule has 0 unspecified atom stereocenters. The second kappa shape index (κ2) is 10.2. The first-order chi connectivity index (χ1) is 16.7. The van der Waals surface area contributed by atoms with Gasteiger partial charge in [0, 0.05) is 44.3 Å². The van der Waals surface area contributed by atoms with Crippen molar-refractivity contribution in [1.29, 1.82) is 0 Å². The molecule has 0 spiro atoms. The Morgan fingerprint density at radius 1 is 1.09 bits per heavy atom. The SMILES string of the molecule is CCCNC(=O)N1CCN(c2nn3c(NC4CCCC4)c(-c4ccc(CC)cc4)nc3s2)CC1. The summed E-state index contributed by atoms with van der Waals surface area (Å²) in [6, 6.07) is 9.25. The number of amides is 2. The monoisotopic (exact) mass is 481 g/mol. The van der Waals surface area contributed by atoms with Gasteiger partial charge in [-0.25, -0.2) is 9.78 Å². The number of anilines is 2. The van der Waals surface area contributed by atoms with Gasteiger partial charge in [-0.2, -0.15) is 4.52 Å². The van der Waals surface area contributed by atoms with Crippen molar-refractivity contribution in [3.63, 3.8) is 0 Å². The molecule has 3 aromatic rings. The average molecular weight is 482 g/mol. The lowest BCUT2D eigenvalue weighted by Gasteiger charge is -2.34. The van der Waals surface area contributed by atoms with E-state index >= 15 is 0 Å². The lowest BCUT2D eigenvalue weighted by Crippen LogP contribution is -2.52. The molecule has 2 aromatic heterocycles. The van der Waals surface area contributed by atoms with Crippen LogP contribution in [0, 0.1) is 0 Å². The zero-order chi connectivity index (χ0) is 23.5. The molecule has 1 aromatic carbocycles. The maximum absolute atomic E-state index is 12.3. The van der Waals surface area contributed by atoms with Crippen molar-refractivity contribution in [2.75, 3.05) is 42.9 Å².